The second-order valence-electron chi connectivity index (χ2n) is 3.22. The molecule has 2 N–H and O–H groups in total. The molecule has 0 saturated heterocycles. The molecule has 4 nitrogen and oxygen atoms in total. The summed E-state index contributed by atoms with van der Waals surface area (Å²) in [5.74, 6) is 0.0412. The molecule has 0 atom stereocenters. The molecule has 0 bridgehead atoms. The van der Waals surface area contributed by atoms with E-state index in [1.807, 2.05) is 6.92 Å². The van der Waals surface area contributed by atoms with E-state index in [1.54, 1.807) is 18.3 Å². The topological polar surface area (TPSA) is 53.6 Å². The van der Waals surface area contributed by atoms with Crippen molar-refractivity contribution in [2.75, 3.05) is 5.32 Å². The molecule has 5 heteroatoms. The van der Waals surface area contributed by atoms with Crippen LogP contribution in [0.1, 0.15) is 11.3 Å². The summed E-state index contributed by atoms with van der Waals surface area (Å²) in [5, 5.41) is 9.74. The molecule has 0 radical (unpaired) electrons. The van der Waals surface area contributed by atoms with Gasteiger partial charge in [-0.25, -0.2) is 4.98 Å². The number of hydrogen-bond donors (Lipinski definition) is 2. The van der Waals surface area contributed by atoms with Crippen molar-refractivity contribution in [3.63, 3.8) is 0 Å². The first-order valence-corrected chi connectivity index (χ1v) is 4.61. The quantitative estimate of drug-likeness (QED) is 0.754. The lowest BCUT2D eigenvalue weighted by Crippen LogP contribution is -2.02. The minimum absolute atomic E-state index is 0.482. The van der Waals surface area contributed by atoms with Crippen LogP contribution in [0.3, 0.4) is 0 Å². The Balaban J connectivity index is 2.02. The van der Waals surface area contributed by atoms with E-state index in [0.717, 1.165) is 11.3 Å². The number of rotatable bonds is 3. The predicted octanol–water partition coefficient (Wildman–Crippen LogP) is 1.86. The number of pyridine rings is 1. The minimum Gasteiger partial charge on any atom is -0.366 e. The van der Waals surface area contributed by atoms with Crippen LogP contribution in [0.5, 0.6) is 0 Å². The zero-order chi connectivity index (χ0) is 10.7. The van der Waals surface area contributed by atoms with Crippen LogP contribution in [0, 0.1) is 12.9 Å². The molecule has 0 saturated carbocycles. The summed E-state index contributed by atoms with van der Waals surface area (Å²) >= 11 is 0. The molecule has 0 amide bonds. The van der Waals surface area contributed by atoms with Gasteiger partial charge in [-0.3, -0.25) is 5.10 Å². The Labute approximate surface area is 86.6 Å². The maximum absolute atomic E-state index is 12.7. The Hall–Kier alpha value is -1.91. The summed E-state index contributed by atoms with van der Waals surface area (Å²) < 4.78 is 12.7. The molecule has 2 aromatic rings. The maximum Gasteiger partial charge on any atom is 0.214 e. The SMILES string of the molecule is Cc1[nH]ncc1CNc1cccc(F)n1. The molecule has 0 spiro atoms. The predicted molar refractivity (Wildman–Crippen MR) is 54.8 cm³/mol. The zero-order valence-corrected chi connectivity index (χ0v) is 8.29. The van der Waals surface area contributed by atoms with Crippen molar-refractivity contribution in [3.8, 4) is 0 Å². The smallest absolute Gasteiger partial charge is 0.214 e. The fraction of sp³-hybridized carbons (Fsp3) is 0.200. The second-order valence-corrected chi connectivity index (χ2v) is 3.22. The van der Waals surface area contributed by atoms with E-state index in [0.29, 0.717) is 12.4 Å². The van der Waals surface area contributed by atoms with Crippen molar-refractivity contribution in [3.05, 3.63) is 41.6 Å². The number of aryl methyl sites for hydroxylation is 1. The molecule has 15 heavy (non-hydrogen) atoms. The van der Waals surface area contributed by atoms with Crippen molar-refractivity contribution in [1.29, 1.82) is 0 Å². The van der Waals surface area contributed by atoms with E-state index in [1.165, 1.54) is 6.07 Å². The number of hydrogen-bond acceptors (Lipinski definition) is 3. The van der Waals surface area contributed by atoms with Gasteiger partial charge in [-0.1, -0.05) is 6.07 Å². The van der Waals surface area contributed by atoms with E-state index in [2.05, 4.69) is 20.5 Å². The minimum atomic E-state index is -0.482. The summed E-state index contributed by atoms with van der Waals surface area (Å²) in [4.78, 5) is 3.69. The van der Waals surface area contributed by atoms with Crippen molar-refractivity contribution in [2.45, 2.75) is 13.5 Å². The second kappa shape index (κ2) is 4.08. The number of H-pyrrole nitrogens is 1. The maximum atomic E-state index is 12.7. The Morgan fingerprint density at radius 2 is 2.33 bits per heavy atom. The van der Waals surface area contributed by atoms with Gasteiger partial charge in [0.05, 0.1) is 6.20 Å². The van der Waals surface area contributed by atoms with Gasteiger partial charge in [0.2, 0.25) is 5.95 Å². The van der Waals surface area contributed by atoms with Gasteiger partial charge in [0, 0.05) is 17.8 Å². The number of anilines is 1. The summed E-state index contributed by atoms with van der Waals surface area (Å²) in [6.45, 7) is 2.52. The third kappa shape index (κ3) is 2.31. The molecule has 2 rings (SSSR count). The molecular weight excluding hydrogens is 195 g/mol. The Kier molecular flexibility index (Phi) is 2.62. The van der Waals surface area contributed by atoms with Crippen molar-refractivity contribution in [1.82, 2.24) is 15.2 Å². The van der Waals surface area contributed by atoms with Crippen LogP contribution in [0.25, 0.3) is 0 Å². The van der Waals surface area contributed by atoms with Crippen LogP contribution < -0.4 is 5.32 Å². The van der Waals surface area contributed by atoms with Crippen LogP contribution in [-0.4, -0.2) is 15.2 Å². The van der Waals surface area contributed by atoms with E-state index in [-0.39, 0.29) is 0 Å². The average Bonchev–Trinajstić information content (AvgIpc) is 2.61. The number of halogens is 1. The monoisotopic (exact) mass is 206 g/mol. The summed E-state index contributed by atoms with van der Waals surface area (Å²) in [6.07, 6.45) is 1.74. The fourth-order valence-electron chi connectivity index (χ4n) is 1.25. The van der Waals surface area contributed by atoms with Crippen LogP contribution in [0.2, 0.25) is 0 Å². The van der Waals surface area contributed by atoms with Gasteiger partial charge in [-0.05, 0) is 19.1 Å². The molecule has 0 aliphatic heterocycles. The van der Waals surface area contributed by atoms with E-state index >= 15 is 0 Å². The number of aromatic amines is 1. The van der Waals surface area contributed by atoms with Gasteiger partial charge in [-0.15, -0.1) is 0 Å². The first-order valence-electron chi connectivity index (χ1n) is 4.61. The normalized spacial score (nSPS) is 10.3. The highest BCUT2D eigenvalue weighted by Crippen LogP contribution is 2.08. The molecule has 78 valence electrons. The first kappa shape index (κ1) is 9.64. The average molecular weight is 206 g/mol. The van der Waals surface area contributed by atoms with Gasteiger partial charge in [0.15, 0.2) is 0 Å². The molecule has 0 aliphatic carbocycles. The molecule has 2 heterocycles. The van der Waals surface area contributed by atoms with Gasteiger partial charge in [-0.2, -0.15) is 9.49 Å². The lowest BCUT2D eigenvalue weighted by molar-refractivity contribution is 0.585. The lowest BCUT2D eigenvalue weighted by atomic mass is 10.2. The molecule has 0 aliphatic rings. The van der Waals surface area contributed by atoms with Crippen LogP contribution in [0.4, 0.5) is 10.2 Å². The third-order valence-electron chi connectivity index (χ3n) is 2.11. The highest BCUT2D eigenvalue weighted by Gasteiger charge is 2.00. The largest absolute Gasteiger partial charge is 0.366 e. The summed E-state index contributed by atoms with van der Waals surface area (Å²) in [7, 11) is 0. The van der Waals surface area contributed by atoms with Crippen LogP contribution in [-0.2, 0) is 6.54 Å². The third-order valence-corrected chi connectivity index (χ3v) is 2.11. The molecule has 0 fully saturated rings. The summed E-state index contributed by atoms with van der Waals surface area (Å²) in [5.41, 5.74) is 2.04. The van der Waals surface area contributed by atoms with Gasteiger partial charge >= 0.3 is 0 Å². The van der Waals surface area contributed by atoms with Gasteiger partial charge < -0.3 is 5.32 Å². The van der Waals surface area contributed by atoms with Crippen LogP contribution >= 0.6 is 0 Å². The standard InChI is InChI=1S/C10H11FN4/c1-7-8(6-13-15-7)5-12-10-4-2-3-9(11)14-10/h2-4,6H,5H2,1H3,(H,12,14)(H,13,15). The Morgan fingerprint density at radius 3 is 3.00 bits per heavy atom. The highest BCUT2D eigenvalue weighted by atomic mass is 19.1. The fourth-order valence-corrected chi connectivity index (χ4v) is 1.25. The van der Waals surface area contributed by atoms with Crippen LogP contribution in [0.15, 0.2) is 24.4 Å². The first-order chi connectivity index (χ1) is 7.25. The molecule has 0 aromatic carbocycles. The zero-order valence-electron chi connectivity index (χ0n) is 8.29. The van der Waals surface area contributed by atoms with E-state index in [4.69, 9.17) is 0 Å². The molecular formula is C10H11FN4. The highest BCUT2D eigenvalue weighted by molar-refractivity contribution is 5.35. The lowest BCUT2D eigenvalue weighted by Gasteiger charge is -2.03. The van der Waals surface area contributed by atoms with Gasteiger partial charge in [0.1, 0.15) is 5.82 Å². The van der Waals surface area contributed by atoms with Crippen molar-refractivity contribution in [2.24, 2.45) is 0 Å². The molecule has 0 unspecified atom stereocenters. The summed E-state index contributed by atoms with van der Waals surface area (Å²) in [6, 6.07) is 4.65. The van der Waals surface area contributed by atoms with Crippen molar-refractivity contribution < 1.29 is 4.39 Å². The Morgan fingerprint density at radius 1 is 1.47 bits per heavy atom. The van der Waals surface area contributed by atoms with E-state index in [9.17, 15) is 4.39 Å². The van der Waals surface area contributed by atoms with Gasteiger partial charge in [0.25, 0.3) is 0 Å². The molecule has 2 aromatic heterocycles. The van der Waals surface area contributed by atoms with E-state index < -0.39 is 5.95 Å². The number of aromatic nitrogens is 3. The Bertz CT molecular complexity index is 452. The van der Waals surface area contributed by atoms with Crippen molar-refractivity contribution >= 4 is 5.82 Å². The number of nitrogens with one attached hydrogen (secondary N) is 2. The number of nitrogens with zero attached hydrogens (tertiary/aromatic N) is 2.